The maximum absolute atomic E-state index is 12.7. The molecule has 0 saturated carbocycles. The number of aromatic hydroxyl groups is 1. The number of phenolic OH excluding ortho intramolecular Hbond substituents is 1. The van der Waals surface area contributed by atoms with E-state index in [1.807, 2.05) is 6.20 Å². The monoisotopic (exact) mass is 1250 g/mol. The number of hydrogen-bond donors (Lipinski definition) is 1. The Bertz CT molecular complexity index is 4130. The van der Waals surface area contributed by atoms with Crippen molar-refractivity contribution in [3.8, 4) is 73.2 Å². The van der Waals surface area contributed by atoms with Crippen LogP contribution in [0.1, 0.15) is 105 Å². The van der Waals surface area contributed by atoms with Gasteiger partial charge in [0.05, 0.1) is 41.4 Å². The average Bonchev–Trinajstić information content (AvgIpc) is 4.03. The number of para-hydroxylation sites is 2. The van der Waals surface area contributed by atoms with Crippen LogP contribution < -0.4 is 5.19 Å². The van der Waals surface area contributed by atoms with E-state index in [0.717, 1.165) is 88.9 Å². The van der Waals surface area contributed by atoms with Crippen molar-refractivity contribution in [1.82, 2.24) is 19.1 Å². The number of fused-ring (bicyclic) bond motifs is 4. The molecule has 0 unspecified atom stereocenters. The normalized spacial score (nSPS) is 12.6. The van der Waals surface area contributed by atoms with E-state index in [-0.39, 0.29) is 48.5 Å². The molecule has 5 nitrogen and oxygen atoms in total. The zero-order valence-electron chi connectivity index (χ0n) is 49.3. The van der Waals surface area contributed by atoms with Crippen molar-refractivity contribution in [3.05, 3.63) is 204 Å². The summed E-state index contributed by atoms with van der Waals surface area (Å²) in [5.41, 5.74) is 18.5. The van der Waals surface area contributed by atoms with E-state index in [2.05, 4.69) is 288 Å². The zero-order valence-corrected chi connectivity index (χ0v) is 52.6. The topological polar surface area (TPSA) is 55.9 Å². The third-order valence-corrected chi connectivity index (χ3v) is 18.0. The van der Waals surface area contributed by atoms with Crippen LogP contribution in [0, 0.1) is 6.07 Å². The Kier molecular flexibility index (Phi) is 14.4. The van der Waals surface area contributed by atoms with E-state index in [9.17, 15) is 5.11 Å². The minimum atomic E-state index is -1.41. The molecule has 0 saturated heterocycles. The standard InChI is InChI=1S/C73H75N4OSi.Pt/c1-70(2,3)51-32-37-64(58(41-51)48-22-17-16-18-23-48)77-65-27-21-25-56(67(65)75-69(77)59-42-53(72(7,8)9)43-61(68(59)78)73(10,11)12)49-38-50(40-52(39-49)71(4,5)6)62-44-66-60(45-74-62)57-24-19-20-26-63(57)76(66)54-33-28-46(29-34-54)47-30-35-55(36-31-47)79(13,14)15;/h16-37,39-45,78H,1-15H3;/q-1;. The maximum Gasteiger partial charge on any atom is 0.148 e. The first-order chi connectivity index (χ1) is 37.2. The summed E-state index contributed by atoms with van der Waals surface area (Å²) in [5.74, 6) is 0.925. The fourth-order valence-corrected chi connectivity index (χ4v) is 12.3. The van der Waals surface area contributed by atoms with Crippen LogP contribution >= 0.6 is 0 Å². The van der Waals surface area contributed by atoms with Gasteiger partial charge in [0, 0.05) is 60.5 Å². The first-order valence-corrected chi connectivity index (χ1v) is 31.5. The zero-order chi connectivity index (χ0) is 56.1. The molecule has 0 aliphatic rings. The van der Waals surface area contributed by atoms with Gasteiger partial charge >= 0.3 is 0 Å². The molecule has 7 heteroatoms. The largest absolute Gasteiger partial charge is 0.507 e. The van der Waals surface area contributed by atoms with Gasteiger partial charge in [-0.3, -0.25) is 9.55 Å². The second-order valence-electron chi connectivity index (χ2n) is 27.0. The van der Waals surface area contributed by atoms with E-state index < -0.39 is 8.07 Å². The van der Waals surface area contributed by atoms with E-state index in [0.29, 0.717) is 11.4 Å². The average molecular weight is 1250 g/mol. The summed E-state index contributed by atoms with van der Waals surface area (Å²) in [4.78, 5) is 11.0. The maximum atomic E-state index is 12.7. The minimum absolute atomic E-state index is 0. The Labute approximate surface area is 490 Å². The van der Waals surface area contributed by atoms with Crippen LogP contribution in [-0.4, -0.2) is 32.3 Å². The quantitative estimate of drug-likeness (QED) is 0.122. The van der Waals surface area contributed by atoms with Gasteiger partial charge in [0.15, 0.2) is 0 Å². The third-order valence-electron chi connectivity index (χ3n) is 16.0. The number of aromatic nitrogens is 4. The summed E-state index contributed by atoms with van der Waals surface area (Å²) in [5, 5.41) is 16.4. The SMILES string of the molecule is CC(C)(C)c1cc(-c2cc3c(cn2)c2ccccc2n3-c2ccc(-c3ccc([Si](C)(C)C)cc3)cc2)[c-]c(-c2cccc3c2nc(-c2cc(C(C)(C)C)cc(C(C)(C)C)c2O)n3-c2ccc(C(C)(C)C)cc2-c2ccccc2)c1.[Pt]. The first kappa shape index (κ1) is 56.2. The minimum Gasteiger partial charge on any atom is -0.507 e. The summed E-state index contributed by atoms with van der Waals surface area (Å²) in [6.45, 7) is 34.0. The predicted octanol–water partition coefficient (Wildman–Crippen LogP) is 19.1. The van der Waals surface area contributed by atoms with Crippen molar-refractivity contribution in [2.24, 2.45) is 0 Å². The smallest absolute Gasteiger partial charge is 0.148 e. The molecular weight excluding hydrogens is 1170 g/mol. The number of benzene rings is 8. The van der Waals surface area contributed by atoms with Crippen LogP contribution in [0.3, 0.4) is 0 Å². The van der Waals surface area contributed by atoms with Crippen LogP contribution in [0.5, 0.6) is 5.75 Å². The molecule has 8 aromatic carbocycles. The van der Waals surface area contributed by atoms with Crippen LogP contribution in [0.4, 0.5) is 0 Å². The van der Waals surface area contributed by atoms with Gasteiger partial charge in [-0.15, -0.1) is 29.3 Å². The van der Waals surface area contributed by atoms with E-state index in [4.69, 9.17) is 9.97 Å². The Hall–Kier alpha value is -7.11. The van der Waals surface area contributed by atoms with Crippen molar-refractivity contribution in [3.63, 3.8) is 0 Å². The Morgan fingerprint density at radius 3 is 1.69 bits per heavy atom. The molecule has 408 valence electrons. The van der Waals surface area contributed by atoms with Crippen molar-refractivity contribution in [1.29, 1.82) is 0 Å². The molecule has 11 rings (SSSR count). The van der Waals surface area contributed by atoms with Gasteiger partial charge in [-0.05, 0) is 98.0 Å². The van der Waals surface area contributed by atoms with Crippen molar-refractivity contribution in [2.45, 2.75) is 124 Å². The molecule has 0 fully saturated rings. The van der Waals surface area contributed by atoms with Crippen LogP contribution in [0.2, 0.25) is 19.6 Å². The molecule has 3 heterocycles. The molecule has 0 amide bonds. The fraction of sp³-hybridized carbons (Fsp3) is 0.260. The molecule has 3 aromatic heterocycles. The number of phenols is 1. The molecule has 0 aliphatic carbocycles. The predicted molar refractivity (Wildman–Crippen MR) is 339 cm³/mol. The van der Waals surface area contributed by atoms with E-state index >= 15 is 0 Å². The fourth-order valence-electron chi connectivity index (χ4n) is 11.1. The van der Waals surface area contributed by atoms with Crippen molar-refractivity contribution < 1.29 is 26.2 Å². The second kappa shape index (κ2) is 20.5. The summed E-state index contributed by atoms with van der Waals surface area (Å²) in [6, 6.07) is 65.9. The number of imidazole rings is 1. The number of rotatable bonds is 8. The summed E-state index contributed by atoms with van der Waals surface area (Å²) >= 11 is 0. The third kappa shape index (κ3) is 10.5. The van der Waals surface area contributed by atoms with Gasteiger partial charge in [0.1, 0.15) is 11.6 Å². The van der Waals surface area contributed by atoms with Crippen LogP contribution in [-0.2, 0) is 42.7 Å². The van der Waals surface area contributed by atoms with Gasteiger partial charge in [0.25, 0.3) is 0 Å². The summed E-state index contributed by atoms with van der Waals surface area (Å²) < 4.78 is 4.67. The molecule has 80 heavy (non-hydrogen) atoms. The van der Waals surface area contributed by atoms with Gasteiger partial charge in [0.2, 0.25) is 0 Å². The Balaban J connectivity index is 0.00000720. The van der Waals surface area contributed by atoms with Crippen LogP contribution in [0.15, 0.2) is 176 Å². The molecule has 0 spiro atoms. The molecule has 0 atom stereocenters. The van der Waals surface area contributed by atoms with Crippen LogP contribution in [0.25, 0.3) is 100 Å². The number of nitrogens with zero attached hydrogens (tertiary/aromatic N) is 4. The molecule has 0 aliphatic heterocycles. The van der Waals surface area contributed by atoms with Gasteiger partial charge in [-0.1, -0.05) is 228 Å². The molecule has 0 radical (unpaired) electrons. The Morgan fingerprint density at radius 2 is 1.05 bits per heavy atom. The van der Waals surface area contributed by atoms with Crippen molar-refractivity contribution in [2.75, 3.05) is 0 Å². The van der Waals surface area contributed by atoms with Gasteiger partial charge < -0.3 is 9.67 Å². The van der Waals surface area contributed by atoms with Gasteiger partial charge in [-0.25, -0.2) is 4.98 Å². The number of hydrogen-bond acceptors (Lipinski definition) is 3. The summed E-state index contributed by atoms with van der Waals surface area (Å²) in [6.07, 6.45) is 2.04. The Morgan fingerprint density at radius 1 is 0.463 bits per heavy atom. The van der Waals surface area contributed by atoms with E-state index in [1.54, 1.807) is 0 Å². The molecule has 1 N–H and O–H groups in total. The first-order valence-electron chi connectivity index (χ1n) is 28.0. The molecular formula is C73H75N4OPtSi-. The summed E-state index contributed by atoms with van der Waals surface area (Å²) in [7, 11) is -1.41. The number of pyridine rings is 1. The van der Waals surface area contributed by atoms with E-state index in [1.165, 1.54) is 27.4 Å². The van der Waals surface area contributed by atoms with Gasteiger partial charge in [-0.2, -0.15) is 0 Å². The van der Waals surface area contributed by atoms with Crippen molar-refractivity contribution >= 4 is 46.1 Å². The molecule has 0 bridgehead atoms. The second-order valence-corrected chi connectivity index (χ2v) is 32.0. The molecule has 11 aromatic rings.